The number of hydrogen-bond acceptors (Lipinski definition) is 6. The lowest BCUT2D eigenvalue weighted by Gasteiger charge is -2.15. The minimum absolute atomic E-state index is 0.00277. The number of hydrogen-bond donors (Lipinski definition) is 0. The molecule has 1 aromatic heterocycles. The largest absolute Gasteiger partial charge is 0.573 e. The molecule has 3 rings (SSSR count). The standard InChI is InChI=1S/C17H14F6N2O5S/c1-15(2)7-11-12(8-15)14(26)25(24-13(11)30-31(27,28)17(21,22)23)9-3-5-10(6-4-9)29-16(18,19)20/h3-6H,7-8H2,1-2H3. The monoisotopic (exact) mass is 472 g/mol. The number of aromatic nitrogens is 2. The Kier molecular flexibility index (Phi) is 5.27. The Bertz CT molecular complexity index is 1170. The molecule has 0 spiro atoms. The van der Waals surface area contributed by atoms with Crippen LogP contribution in [0.25, 0.3) is 5.69 Å². The van der Waals surface area contributed by atoms with Crippen molar-refractivity contribution in [3.05, 3.63) is 45.7 Å². The number of rotatable bonds is 4. The van der Waals surface area contributed by atoms with Crippen molar-refractivity contribution < 1.29 is 43.7 Å². The summed E-state index contributed by atoms with van der Waals surface area (Å²) in [7, 11) is -6.07. The number of fused-ring (bicyclic) bond motifs is 1. The summed E-state index contributed by atoms with van der Waals surface area (Å²) in [5, 5.41) is 3.62. The fraction of sp³-hybridized carbons (Fsp3) is 0.412. The maximum absolute atomic E-state index is 12.8. The molecule has 0 N–H and O–H groups in total. The van der Waals surface area contributed by atoms with E-state index in [2.05, 4.69) is 14.0 Å². The molecule has 1 aliphatic rings. The third-order valence-corrected chi connectivity index (χ3v) is 5.31. The van der Waals surface area contributed by atoms with E-state index in [0.29, 0.717) is 4.68 Å². The van der Waals surface area contributed by atoms with Gasteiger partial charge in [-0.15, -0.1) is 18.3 Å². The third kappa shape index (κ3) is 4.78. The smallest absolute Gasteiger partial charge is 0.406 e. The second kappa shape index (κ2) is 7.14. The minimum atomic E-state index is -6.07. The molecule has 0 saturated carbocycles. The third-order valence-electron chi connectivity index (χ3n) is 4.36. The summed E-state index contributed by atoms with van der Waals surface area (Å²) >= 11 is 0. The van der Waals surface area contributed by atoms with E-state index in [9.17, 15) is 39.6 Å². The van der Waals surface area contributed by atoms with Crippen LogP contribution >= 0.6 is 0 Å². The average molecular weight is 472 g/mol. The SMILES string of the molecule is CC1(C)Cc2c(OS(=O)(=O)C(F)(F)F)nn(-c3ccc(OC(F)(F)F)cc3)c(=O)c2C1. The molecule has 170 valence electrons. The first-order valence-corrected chi connectivity index (χ1v) is 9.92. The van der Waals surface area contributed by atoms with Crippen molar-refractivity contribution in [1.29, 1.82) is 0 Å². The first-order chi connectivity index (χ1) is 14.0. The van der Waals surface area contributed by atoms with Crippen LogP contribution in [-0.4, -0.2) is 30.1 Å². The molecule has 7 nitrogen and oxygen atoms in total. The molecule has 2 aromatic rings. The number of ether oxygens (including phenoxy) is 1. The van der Waals surface area contributed by atoms with E-state index < -0.39 is 44.6 Å². The van der Waals surface area contributed by atoms with E-state index in [0.717, 1.165) is 24.3 Å². The molecular formula is C17H14F6N2O5S. The first-order valence-electron chi connectivity index (χ1n) is 8.51. The van der Waals surface area contributed by atoms with E-state index in [4.69, 9.17) is 0 Å². The van der Waals surface area contributed by atoms with Gasteiger partial charge in [-0.05, 0) is 42.5 Å². The Labute approximate surface area is 171 Å². The summed E-state index contributed by atoms with van der Waals surface area (Å²) in [4.78, 5) is 12.8. The Hall–Kier alpha value is -2.77. The van der Waals surface area contributed by atoms with E-state index in [1.54, 1.807) is 13.8 Å². The molecule has 0 unspecified atom stereocenters. The second-order valence-corrected chi connectivity index (χ2v) is 9.06. The van der Waals surface area contributed by atoms with Crippen LogP contribution in [0.5, 0.6) is 11.6 Å². The van der Waals surface area contributed by atoms with E-state index >= 15 is 0 Å². The molecule has 0 fully saturated rings. The quantitative estimate of drug-likeness (QED) is 0.385. The van der Waals surface area contributed by atoms with Crippen LogP contribution in [0.1, 0.15) is 25.0 Å². The molecule has 0 radical (unpaired) electrons. The highest BCUT2D eigenvalue weighted by atomic mass is 32.2. The molecule has 14 heteroatoms. The van der Waals surface area contributed by atoms with Gasteiger partial charge in [0.2, 0.25) is 0 Å². The van der Waals surface area contributed by atoms with Gasteiger partial charge in [0.25, 0.3) is 11.4 Å². The summed E-state index contributed by atoms with van der Waals surface area (Å²) in [5.74, 6) is -1.53. The summed E-state index contributed by atoms with van der Waals surface area (Å²) in [6.45, 7) is 3.42. The van der Waals surface area contributed by atoms with Crippen molar-refractivity contribution in [1.82, 2.24) is 9.78 Å². The molecule has 0 aliphatic heterocycles. The Balaban J connectivity index is 2.12. The highest BCUT2D eigenvalue weighted by molar-refractivity contribution is 7.87. The van der Waals surface area contributed by atoms with Crippen molar-refractivity contribution in [2.75, 3.05) is 0 Å². The molecule has 0 atom stereocenters. The topological polar surface area (TPSA) is 87.5 Å². The van der Waals surface area contributed by atoms with Crippen LogP contribution in [0.15, 0.2) is 29.1 Å². The lowest BCUT2D eigenvalue weighted by Crippen LogP contribution is -2.31. The zero-order valence-electron chi connectivity index (χ0n) is 15.8. The molecule has 0 amide bonds. The summed E-state index contributed by atoms with van der Waals surface area (Å²) in [5.41, 5.74) is -7.29. The maximum atomic E-state index is 12.8. The van der Waals surface area contributed by atoms with Gasteiger partial charge in [0.05, 0.1) is 5.69 Å². The van der Waals surface area contributed by atoms with Crippen LogP contribution in [-0.2, 0) is 23.0 Å². The lowest BCUT2D eigenvalue weighted by atomic mass is 9.90. The second-order valence-electron chi connectivity index (χ2n) is 7.52. The summed E-state index contributed by atoms with van der Waals surface area (Å²) in [6.07, 6.45) is -4.82. The van der Waals surface area contributed by atoms with Crippen molar-refractivity contribution in [3.63, 3.8) is 0 Å². The number of alkyl halides is 6. The Morgan fingerprint density at radius 2 is 1.55 bits per heavy atom. The van der Waals surface area contributed by atoms with Gasteiger partial charge in [-0.25, -0.2) is 0 Å². The predicted molar refractivity (Wildman–Crippen MR) is 93.3 cm³/mol. The molecule has 1 aromatic carbocycles. The van der Waals surface area contributed by atoms with Gasteiger partial charge in [0, 0.05) is 11.1 Å². The van der Waals surface area contributed by atoms with Gasteiger partial charge in [0.1, 0.15) is 5.75 Å². The Morgan fingerprint density at radius 3 is 2.06 bits per heavy atom. The van der Waals surface area contributed by atoms with Crippen LogP contribution < -0.4 is 14.5 Å². The van der Waals surface area contributed by atoms with E-state index in [-0.39, 0.29) is 29.7 Å². The van der Waals surface area contributed by atoms with Crippen LogP contribution in [0.2, 0.25) is 0 Å². The summed E-state index contributed by atoms with van der Waals surface area (Å²) in [6, 6.07) is 3.73. The first kappa shape index (κ1) is 22.9. The fourth-order valence-corrected chi connectivity index (χ4v) is 3.59. The van der Waals surface area contributed by atoms with Gasteiger partial charge in [-0.3, -0.25) is 4.79 Å². The van der Waals surface area contributed by atoms with Crippen LogP contribution in [0.4, 0.5) is 26.3 Å². The van der Waals surface area contributed by atoms with Gasteiger partial charge in [-0.2, -0.15) is 26.3 Å². The van der Waals surface area contributed by atoms with Gasteiger partial charge >= 0.3 is 22.0 Å². The number of halogens is 6. The molecule has 31 heavy (non-hydrogen) atoms. The molecule has 1 heterocycles. The van der Waals surface area contributed by atoms with Crippen molar-refractivity contribution in [2.24, 2.45) is 5.41 Å². The molecule has 0 bridgehead atoms. The molecule has 1 aliphatic carbocycles. The Morgan fingerprint density at radius 1 is 1.00 bits per heavy atom. The molecule has 0 saturated heterocycles. The van der Waals surface area contributed by atoms with Gasteiger partial charge in [0.15, 0.2) is 0 Å². The lowest BCUT2D eigenvalue weighted by molar-refractivity contribution is -0.274. The van der Waals surface area contributed by atoms with Gasteiger partial charge < -0.3 is 8.92 Å². The van der Waals surface area contributed by atoms with E-state index in [1.165, 1.54) is 0 Å². The maximum Gasteiger partial charge on any atom is 0.573 e. The summed E-state index contributed by atoms with van der Waals surface area (Å²) < 4.78 is 107. The predicted octanol–water partition coefficient (Wildman–Crippen LogP) is 3.48. The highest BCUT2D eigenvalue weighted by Gasteiger charge is 2.50. The molecular weight excluding hydrogens is 458 g/mol. The average Bonchev–Trinajstić information content (AvgIpc) is 2.92. The fourth-order valence-electron chi connectivity index (χ4n) is 3.15. The highest BCUT2D eigenvalue weighted by Crippen LogP contribution is 2.39. The van der Waals surface area contributed by atoms with Crippen LogP contribution in [0.3, 0.4) is 0 Å². The van der Waals surface area contributed by atoms with Gasteiger partial charge in [-0.1, -0.05) is 13.8 Å². The number of nitrogens with zero attached hydrogens (tertiary/aromatic N) is 2. The van der Waals surface area contributed by atoms with Crippen molar-refractivity contribution >= 4 is 10.1 Å². The minimum Gasteiger partial charge on any atom is -0.406 e. The van der Waals surface area contributed by atoms with Crippen molar-refractivity contribution in [2.45, 2.75) is 38.6 Å². The zero-order chi connectivity index (χ0) is 23.4. The van der Waals surface area contributed by atoms with Crippen LogP contribution in [0, 0.1) is 5.41 Å². The van der Waals surface area contributed by atoms with E-state index in [1.807, 2.05) is 0 Å². The van der Waals surface area contributed by atoms with Crippen molar-refractivity contribution in [3.8, 4) is 17.3 Å². The number of benzene rings is 1. The zero-order valence-corrected chi connectivity index (χ0v) is 16.7. The normalized spacial score (nSPS) is 16.1.